The summed E-state index contributed by atoms with van der Waals surface area (Å²) in [7, 11) is 0. The molecule has 32 heavy (non-hydrogen) atoms. The Kier molecular flexibility index (Phi) is 8.44. The lowest BCUT2D eigenvalue weighted by Gasteiger charge is -2.38. The zero-order valence-electron chi connectivity index (χ0n) is 18.1. The second-order valence-corrected chi connectivity index (χ2v) is 8.62. The highest BCUT2D eigenvalue weighted by Gasteiger charge is 2.29. The lowest BCUT2D eigenvalue weighted by Crippen LogP contribution is -2.52. The highest BCUT2D eigenvalue weighted by atomic mass is 35.5. The average Bonchev–Trinajstić information content (AvgIpc) is 2.77. The molecule has 0 aromatic heterocycles. The Balaban J connectivity index is 0.00000289. The standard InChI is InChI=1S/C22H30FN5O3.ClH/c23-18-13-16(28-11-9-27(10-12-28)14-15-5-7-24-8-6-15)1-2-17(18)21(30)25-19-3-4-20(29)26-22(19)31;/h1-2,13,15,19,24H,3-12,14H2,(H,25,30)(H,26,29,31);1H/t19-;/m1./s1. The molecule has 3 aliphatic rings. The summed E-state index contributed by atoms with van der Waals surface area (Å²) in [6.45, 7) is 6.88. The topological polar surface area (TPSA) is 93.8 Å². The maximum absolute atomic E-state index is 14.7. The first-order valence-corrected chi connectivity index (χ1v) is 11.1. The lowest BCUT2D eigenvalue weighted by atomic mass is 9.97. The summed E-state index contributed by atoms with van der Waals surface area (Å²) in [5, 5.41) is 8.10. The zero-order chi connectivity index (χ0) is 21.8. The highest BCUT2D eigenvalue weighted by molar-refractivity contribution is 6.03. The number of rotatable bonds is 5. The number of nitrogens with zero attached hydrogens (tertiary/aromatic N) is 2. The van der Waals surface area contributed by atoms with E-state index in [0.29, 0.717) is 0 Å². The summed E-state index contributed by atoms with van der Waals surface area (Å²) in [5.74, 6) is -1.41. The monoisotopic (exact) mass is 467 g/mol. The van der Waals surface area contributed by atoms with Crippen molar-refractivity contribution in [3.05, 3.63) is 29.6 Å². The Morgan fingerprint density at radius 2 is 1.81 bits per heavy atom. The van der Waals surface area contributed by atoms with Gasteiger partial charge in [-0.3, -0.25) is 24.6 Å². The number of carbonyl (C=O) groups excluding carboxylic acids is 3. The molecule has 3 heterocycles. The van der Waals surface area contributed by atoms with Crippen LogP contribution in [0.15, 0.2) is 18.2 Å². The molecule has 3 N–H and O–H groups in total. The largest absolute Gasteiger partial charge is 0.369 e. The fourth-order valence-electron chi connectivity index (χ4n) is 4.57. The number of hydrogen-bond acceptors (Lipinski definition) is 6. The molecule has 1 aromatic carbocycles. The van der Waals surface area contributed by atoms with Crippen molar-refractivity contribution in [3.8, 4) is 0 Å². The smallest absolute Gasteiger partial charge is 0.254 e. The van der Waals surface area contributed by atoms with E-state index in [9.17, 15) is 18.8 Å². The van der Waals surface area contributed by atoms with Crippen LogP contribution in [0, 0.1) is 11.7 Å². The highest BCUT2D eigenvalue weighted by Crippen LogP contribution is 2.22. The Morgan fingerprint density at radius 3 is 2.47 bits per heavy atom. The summed E-state index contributed by atoms with van der Waals surface area (Å²) in [5.41, 5.74) is 0.662. The van der Waals surface area contributed by atoms with Crippen LogP contribution in [0.3, 0.4) is 0 Å². The van der Waals surface area contributed by atoms with Gasteiger partial charge < -0.3 is 15.5 Å². The molecule has 0 unspecified atom stereocenters. The maximum atomic E-state index is 14.7. The molecule has 3 fully saturated rings. The fourth-order valence-corrected chi connectivity index (χ4v) is 4.57. The number of nitrogens with one attached hydrogen (secondary N) is 3. The van der Waals surface area contributed by atoms with E-state index in [-0.39, 0.29) is 36.7 Å². The Bertz CT molecular complexity index is 841. The fraction of sp³-hybridized carbons (Fsp3) is 0.591. The first-order chi connectivity index (χ1) is 15.0. The van der Waals surface area contributed by atoms with E-state index < -0.39 is 23.7 Å². The molecule has 0 spiro atoms. The number of benzene rings is 1. The van der Waals surface area contributed by atoms with Crippen LogP contribution < -0.4 is 20.9 Å². The molecule has 10 heteroatoms. The van der Waals surface area contributed by atoms with E-state index in [0.717, 1.165) is 57.4 Å². The molecular formula is C22H31ClFN5O3. The van der Waals surface area contributed by atoms with Gasteiger partial charge in [0.25, 0.3) is 5.91 Å². The number of carbonyl (C=O) groups is 3. The van der Waals surface area contributed by atoms with Gasteiger partial charge in [-0.05, 0) is 56.5 Å². The van der Waals surface area contributed by atoms with Gasteiger partial charge in [0.15, 0.2) is 0 Å². The van der Waals surface area contributed by atoms with Crippen LogP contribution in [0.25, 0.3) is 0 Å². The van der Waals surface area contributed by atoms with Crippen LogP contribution in [-0.2, 0) is 9.59 Å². The van der Waals surface area contributed by atoms with Crippen molar-refractivity contribution in [2.75, 3.05) is 50.7 Å². The van der Waals surface area contributed by atoms with E-state index in [1.807, 2.05) is 0 Å². The van der Waals surface area contributed by atoms with Crippen LogP contribution >= 0.6 is 12.4 Å². The van der Waals surface area contributed by atoms with Crippen LogP contribution in [0.1, 0.15) is 36.0 Å². The molecule has 0 saturated carbocycles. The molecule has 0 bridgehead atoms. The van der Waals surface area contributed by atoms with Crippen molar-refractivity contribution in [1.29, 1.82) is 0 Å². The van der Waals surface area contributed by atoms with Crippen LogP contribution in [0.2, 0.25) is 0 Å². The first-order valence-electron chi connectivity index (χ1n) is 11.1. The number of halogens is 2. The molecule has 0 aliphatic carbocycles. The molecule has 3 amide bonds. The number of piperidine rings is 2. The van der Waals surface area contributed by atoms with Gasteiger partial charge in [-0.25, -0.2) is 4.39 Å². The predicted octanol–water partition coefficient (Wildman–Crippen LogP) is 0.904. The molecule has 4 rings (SSSR count). The van der Waals surface area contributed by atoms with Gasteiger partial charge in [0.1, 0.15) is 11.9 Å². The van der Waals surface area contributed by atoms with Crippen molar-refractivity contribution in [2.45, 2.75) is 31.7 Å². The van der Waals surface area contributed by atoms with E-state index in [4.69, 9.17) is 0 Å². The minimum atomic E-state index is -0.822. The van der Waals surface area contributed by atoms with Crippen LogP contribution in [0.5, 0.6) is 0 Å². The second kappa shape index (κ2) is 11.1. The summed E-state index contributed by atoms with van der Waals surface area (Å²) in [4.78, 5) is 40.1. The van der Waals surface area contributed by atoms with Crippen molar-refractivity contribution in [2.24, 2.45) is 5.92 Å². The molecular weight excluding hydrogens is 437 g/mol. The average molecular weight is 468 g/mol. The van der Waals surface area contributed by atoms with E-state index in [1.165, 1.54) is 25.0 Å². The molecule has 8 nitrogen and oxygen atoms in total. The lowest BCUT2D eigenvalue weighted by molar-refractivity contribution is -0.134. The van der Waals surface area contributed by atoms with Crippen molar-refractivity contribution in [1.82, 2.24) is 20.9 Å². The van der Waals surface area contributed by atoms with E-state index in [1.54, 1.807) is 6.07 Å². The molecule has 0 radical (unpaired) electrons. The molecule has 176 valence electrons. The van der Waals surface area contributed by atoms with E-state index in [2.05, 4.69) is 25.8 Å². The third kappa shape index (κ3) is 5.96. The summed E-state index contributed by atoms with van der Waals surface area (Å²) in [6, 6.07) is 3.79. The first kappa shape index (κ1) is 24.4. The second-order valence-electron chi connectivity index (χ2n) is 8.62. The quantitative estimate of drug-likeness (QED) is 0.557. The summed E-state index contributed by atoms with van der Waals surface area (Å²) in [6.07, 6.45) is 2.83. The maximum Gasteiger partial charge on any atom is 0.254 e. The van der Waals surface area contributed by atoms with Gasteiger partial charge in [-0.2, -0.15) is 0 Å². The van der Waals surface area contributed by atoms with Gasteiger partial charge in [0.2, 0.25) is 11.8 Å². The van der Waals surface area contributed by atoms with Crippen molar-refractivity contribution >= 4 is 35.8 Å². The Hall–Kier alpha value is -2.23. The summed E-state index contributed by atoms with van der Waals surface area (Å²) >= 11 is 0. The van der Waals surface area contributed by atoms with Crippen LogP contribution in [-0.4, -0.2) is 74.5 Å². The number of amides is 3. The van der Waals surface area contributed by atoms with Gasteiger partial charge in [0.05, 0.1) is 5.56 Å². The van der Waals surface area contributed by atoms with Crippen molar-refractivity contribution in [3.63, 3.8) is 0 Å². The molecule has 3 aliphatic heterocycles. The number of hydrogen-bond donors (Lipinski definition) is 3. The van der Waals surface area contributed by atoms with Crippen molar-refractivity contribution < 1.29 is 18.8 Å². The minimum absolute atomic E-state index is 0. The molecule has 1 atom stereocenters. The SMILES string of the molecule is Cl.O=C1CC[C@@H](NC(=O)c2ccc(N3CCN(CC4CCNCC4)CC3)cc2F)C(=O)N1. The Labute approximate surface area is 193 Å². The normalized spacial score (nSPS) is 22.8. The molecule has 3 saturated heterocycles. The van der Waals surface area contributed by atoms with Crippen LogP contribution in [0.4, 0.5) is 10.1 Å². The number of piperazine rings is 1. The third-order valence-electron chi connectivity index (χ3n) is 6.45. The van der Waals surface area contributed by atoms with Gasteiger partial charge in [-0.15, -0.1) is 12.4 Å². The third-order valence-corrected chi connectivity index (χ3v) is 6.45. The minimum Gasteiger partial charge on any atom is -0.369 e. The van der Waals surface area contributed by atoms with Gasteiger partial charge in [-0.1, -0.05) is 0 Å². The number of imide groups is 1. The zero-order valence-corrected chi connectivity index (χ0v) is 18.9. The van der Waals surface area contributed by atoms with E-state index >= 15 is 0 Å². The van der Waals surface area contributed by atoms with Gasteiger partial charge in [0, 0.05) is 44.8 Å². The summed E-state index contributed by atoms with van der Waals surface area (Å²) < 4.78 is 14.7. The predicted molar refractivity (Wildman–Crippen MR) is 122 cm³/mol. The van der Waals surface area contributed by atoms with Gasteiger partial charge >= 0.3 is 0 Å². The number of anilines is 1. The molecule has 1 aromatic rings. The Morgan fingerprint density at radius 1 is 1.09 bits per heavy atom.